The highest BCUT2D eigenvalue weighted by Crippen LogP contribution is 2.22. The van der Waals surface area contributed by atoms with Crippen molar-refractivity contribution in [2.24, 2.45) is 11.3 Å². The molecule has 1 fully saturated rings. The lowest BCUT2D eigenvalue weighted by atomic mass is 9.91. The van der Waals surface area contributed by atoms with Crippen LogP contribution in [0, 0.1) is 11.3 Å². The quantitative estimate of drug-likeness (QED) is 0.270. The fourth-order valence-electron chi connectivity index (χ4n) is 4.37. The van der Waals surface area contributed by atoms with E-state index in [1.165, 1.54) is 28.6 Å². The van der Waals surface area contributed by atoms with Crippen LogP contribution in [0.4, 0.5) is 10.5 Å². The van der Waals surface area contributed by atoms with Crippen LogP contribution in [0.5, 0.6) is 5.75 Å². The van der Waals surface area contributed by atoms with Crippen molar-refractivity contribution in [3.63, 3.8) is 0 Å². The normalized spacial score (nSPS) is 17.1. The smallest absolute Gasteiger partial charge is 0.407 e. The van der Waals surface area contributed by atoms with Crippen molar-refractivity contribution in [2.45, 2.75) is 70.6 Å². The Kier molecular flexibility index (Phi) is 12.0. The maximum absolute atomic E-state index is 13.6. The first-order valence-electron chi connectivity index (χ1n) is 14.5. The summed E-state index contributed by atoms with van der Waals surface area (Å²) in [5, 5.41) is 14.2. The minimum atomic E-state index is -3.98. The number of hydrogen-bond donors (Lipinski definition) is 3. The van der Waals surface area contributed by atoms with Gasteiger partial charge in [0.25, 0.3) is 0 Å². The van der Waals surface area contributed by atoms with Crippen molar-refractivity contribution in [2.75, 3.05) is 38.6 Å². The maximum atomic E-state index is 13.6. The molecular formula is C31H45N3O8S. The van der Waals surface area contributed by atoms with E-state index in [1.807, 2.05) is 34.6 Å². The van der Waals surface area contributed by atoms with Crippen LogP contribution in [0.25, 0.3) is 0 Å². The monoisotopic (exact) mass is 619 g/mol. The van der Waals surface area contributed by atoms with Gasteiger partial charge in [0.05, 0.1) is 30.3 Å². The van der Waals surface area contributed by atoms with Gasteiger partial charge in [-0.2, -0.15) is 4.31 Å². The fourth-order valence-corrected chi connectivity index (χ4v) is 5.99. The summed E-state index contributed by atoms with van der Waals surface area (Å²) in [6.45, 7) is 9.86. The lowest BCUT2D eigenvalue weighted by molar-refractivity contribution is -0.128. The average molecular weight is 620 g/mol. The van der Waals surface area contributed by atoms with Crippen LogP contribution >= 0.6 is 0 Å². The van der Waals surface area contributed by atoms with Crippen LogP contribution in [0.1, 0.15) is 46.6 Å². The lowest BCUT2D eigenvalue weighted by Crippen LogP contribution is -2.51. The Labute approximate surface area is 254 Å². The topological polar surface area (TPSA) is 157 Å². The van der Waals surface area contributed by atoms with E-state index in [2.05, 4.69) is 5.32 Å². The van der Waals surface area contributed by atoms with Gasteiger partial charge in [0, 0.05) is 30.6 Å². The molecule has 11 nitrogen and oxygen atoms in total. The minimum Gasteiger partial charge on any atom is -0.486 e. The molecule has 3 rings (SSSR count). The first-order chi connectivity index (χ1) is 20.1. The second-order valence-corrected chi connectivity index (χ2v) is 14.2. The van der Waals surface area contributed by atoms with Crippen molar-refractivity contribution in [3.05, 3.63) is 54.1 Å². The summed E-state index contributed by atoms with van der Waals surface area (Å²) in [6, 6.07) is 11.9. The Hall–Kier alpha value is -3.19. The highest BCUT2D eigenvalue weighted by Gasteiger charge is 2.32. The van der Waals surface area contributed by atoms with Gasteiger partial charge in [-0.1, -0.05) is 46.8 Å². The molecule has 0 spiro atoms. The molecule has 1 aliphatic heterocycles. The molecule has 12 heteroatoms. The van der Waals surface area contributed by atoms with E-state index in [9.17, 15) is 23.1 Å². The number of aliphatic hydroxyl groups excluding tert-OH is 1. The number of ether oxygens (including phenoxy) is 3. The predicted octanol–water partition coefficient (Wildman–Crippen LogP) is 3.40. The van der Waals surface area contributed by atoms with E-state index in [0.29, 0.717) is 31.1 Å². The molecule has 0 aliphatic carbocycles. The van der Waals surface area contributed by atoms with E-state index in [4.69, 9.17) is 19.9 Å². The van der Waals surface area contributed by atoms with E-state index in [1.54, 1.807) is 24.3 Å². The third-order valence-electron chi connectivity index (χ3n) is 6.99. The fraction of sp³-hybridized carbons (Fsp3) is 0.548. The molecule has 3 atom stereocenters. The molecule has 1 saturated heterocycles. The zero-order chi connectivity index (χ0) is 31.8. The maximum Gasteiger partial charge on any atom is 0.407 e. The van der Waals surface area contributed by atoms with E-state index >= 15 is 0 Å². The summed E-state index contributed by atoms with van der Waals surface area (Å²) in [5.41, 5.74) is 6.42. The number of alkyl carbamates (subject to hydrolysis) is 1. The number of amides is 1. The number of sulfonamides is 1. The van der Waals surface area contributed by atoms with Crippen molar-refractivity contribution >= 4 is 27.6 Å². The second-order valence-electron chi connectivity index (χ2n) is 12.3. The summed E-state index contributed by atoms with van der Waals surface area (Å²) >= 11 is 0. The molecule has 43 heavy (non-hydrogen) atoms. The number of carbonyl (C=O) groups excluding carboxylic acids is 2. The molecule has 1 amide bonds. The van der Waals surface area contributed by atoms with Gasteiger partial charge in [-0.15, -0.1) is 0 Å². The van der Waals surface area contributed by atoms with Crippen LogP contribution in [0.3, 0.4) is 0 Å². The van der Waals surface area contributed by atoms with E-state index in [0.717, 1.165) is 5.56 Å². The Morgan fingerprint density at radius 3 is 2.30 bits per heavy atom. The molecule has 1 aliphatic rings. The predicted molar refractivity (Wildman–Crippen MR) is 163 cm³/mol. The number of nitrogens with zero attached hydrogens (tertiary/aromatic N) is 1. The molecular weight excluding hydrogens is 574 g/mol. The molecule has 4 N–H and O–H groups in total. The van der Waals surface area contributed by atoms with Gasteiger partial charge >= 0.3 is 6.09 Å². The standard InChI is InChI=1S/C31H45N3O8S/c1-21(2)17-34(43(38,39)26-12-8-23(32)9-13-26)18-28(35)27(33-30(37)42-25-14-15-40-19-25)16-22-6-10-24(11-7-22)41-20-29(36)31(3,4)5/h6-13,21,25,27-28,35H,14-20,32H2,1-5H3,(H,33,37)/t25-,27-,28+/m0/s1. The zero-order valence-electron chi connectivity index (χ0n) is 25.6. The minimum absolute atomic E-state index is 0.0324. The Bertz CT molecular complexity index is 1300. The van der Waals surface area contributed by atoms with Crippen LogP contribution in [-0.4, -0.2) is 80.9 Å². The number of nitrogens with two attached hydrogens (primary N) is 1. The molecule has 0 bridgehead atoms. The van der Waals surface area contributed by atoms with Crippen molar-refractivity contribution in [1.29, 1.82) is 0 Å². The first kappa shape index (κ1) is 34.3. The summed E-state index contributed by atoms with van der Waals surface area (Å²) in [7, 11) is -3.98. The Morgan fingerprint density at radius 2 is 1.74 bits per heavy atom. The number of hydrogen-bond acceptors (Lipinski definition) is 9. The van der Waals surface area contributed by atoms with Gasteiger partial charge in [0.15, 0.2) is 5.78 Å². The molecule has 0 unspecified atom stereocenters. The summed E-state index contributed by atoms with van der Waals surface area (Å²) in [5.74, 6) is 0.437. The second kappa shape index (κ2) is 15.0. The Morgan fingerprint density at radius 1 is 1.09 bits per heavy atom. The zero-order valence-corrected chi connectivity index (χ0v) is 26.4. The number of nitrogens with one attached hydrogen (secondary N) is 1. The number of rotatable bonds is 14. The highest BCUT2D eigenvalue weighted by molar-refractivity contribution is 7.89. The van der Waals surface area contributed by atoms with Crippen molar-refractivity contribution in [1.82, 2.24) is 9.62 Å². The summed E-state index contributed by atoms with van der Waals surface area (Å²) in [6.07, 6.45) is -1.65. The van der Waals surface area contributed by atoms with E-state index in [-0.39, 0.29) is 42.7 Å². The largest absolute Gasteiger partial charge is 0.486 e. The lowest BCUT2D eigenvalue weighted by Gasteiger charge is -2.30. The van der Waals surface area contributed by atoms with Gasteiger partial charge in [-0.3, -0.25) is 4.79 Å². The van der Waals surface area contributed by atoms with Crippen LogP contribution in [-0.2, 0) is 30.7 Å². The van der Waals surface area contributed by atoms with Gasteiger partial charge in [0.2, 0.25) is 10.0 Å². The van der Waals surface area contributed by atoms with Gasteiger partial charge in [-0.25, -0.2) is 13.2 Å². The van der Waals surface area contributed by atoms with Gasteiger partial charge in [0.1, 0.15) is 18.5 Å². The van der Waals surface area contributed by atoms with Gasteiger partial charge < -0.3 is 30.4 Å². The van der Waals surface area contributed by atoms with E-state index < -0.39 is 39.8 Å². The highest BCUT2D eigenvalue weighted by atomic mass is 32.2. The van der Waals surface area contributed by atoms with Crippen molar-refractivity contribution in [3.8, 4) is 5.75 Å². The molecule has 238 valence electrons. The molecule has 1 heterocycles. The number of nitrogen functional groups attached to an aromatic ring is 1. The third kappa shape index (κ3) is 10.5. The Balaban J connectivity index is 1.79. The summed E-state index contributed by atoms with van der Waals surface area (Å²) in [4.78, 5) is 25.1. The molecule has 0 radical (unpaired) electrons. The number of Topliss-reactive ketones (excluding diaryl/α,β-unsaturated/α-hetero) is 1. The third-order valence-corrected chi connectivity index (χ3v) is 8.84. The number of aliphatic hydroxyl groups is 1. The molecule has 2 aromatic carbocycles. The van der Waals surface area contributed by atoms with Crippen LogP contribution in [0.2, 0.25) is 0 Å². The molecule has 2 aromatic rings. The van der Waals surface area contributed by atoms with Gasteiger partial charge in [-0.05, 0) is 54.3 Å². The van der Waals surface area contributed by atoms with Crippen LogP contribution < -0.4 is 15.8 Å². The van der Waals surface area contributed by atoms with Crippen LogP contribution in [0.15, 0.2) is 53.4 Å². The first-order valence-corrected chi connectivity index (χ1v) is 15.9. The number of benzene rings is 2. The number of anilines is 1. The number of ketones is 1. The molecule has 0 saturated carbocycles. The molecule has 0 aromatic heterocycles. The average Bonchev–Trinajstić information content (AvgIpc) is 3.44. The number of carbonyl (C=O) groups is 2. The van der Waals surface area contributed by atoms with Crippen molar-refractivity contribution < 1.29 is 37.3 Å². The SMILES string of the molecule is CC(C)CN(C[C@@H](O)[C@H](Cc1ccc(OCC(=O)C(C)(C)C)cc1)NC(=O)O[C@H]1CCOC1)S(=O)(=O)c1ccc(N)cc1. The summed E-state index contributed by atoms with van der Waals surface area (Å²) < 4.78 is 44.7.